The van der Waals surface area contributed by atoms with E-state index in [1.807, 2.05) is 0 Å². The van der Waals surface area contributed by atoms with Gasteiger partial charge in [0.1, 0.15) is 0 Å². The Morgan fingerprint density at radius 1 is 1.19 bits per heavy atom. The Morgan fingerprint density at radius 3 is 1.81 bits per heavy atom. The normalized spacial score (nSPS) is 15.2. The third-order valence-electron chi connectivity index (χ3n) is 1.43. The fourth-order valence-corrected chi connectivity index (χ4v) is 0.866. The summed E-state index contributed by atoms with van der Waals surface area (Å²) >= 11 is 0. The van der Waals surface area contributed by atoms with Gasteiger partial charge in [-0.1, -0.05) is 0 Å². The highest BCUT2D eigenvalue weighted by atomic mass is 19.4. The molecule has 0 unspecified atom stereocenters. The third-order valence-corrected chi connectivity index (χ3v) is 1.43. The van der Waals surface area contributed by atoms with Crippen LogP contribution in [0.25, 0.3) is 0 Å². The molecule has 0 saturated carbocycles. The van der Waals surface area contributed by atoms with Gasteiger partial charge in [0.15, 0.2) is 0 Å². The highest BCUT2D eigenvalue weighted by Gasteiger charge is 2.58. The van der Waals surface area contributed by atoms with Gasteiger partial charge in [-0.25, -0.2) is 0 Å². The summed E-state index contributed by atoms with van der Waals surface area (Å²) in [6, 6.07) is 0. The van der Waals surface area contributed by atoms with Gasteiger partial charge in [-0.15, -0.1) is 0 Å². The molecule has 0 bridgehead atoms. The van der Waals surface area contributed by atoms with E-state index in [0.29, 0.717) is 0 Å². The van der Waals surface area contributed by atoms with Crippen molar-refractivity contribution in [2.75, 3.05) is 0 Å². The van der Waals surface area contributed by atoms with E-state index in [4.69, 9.17) is 5.11 Å². The van der Waals surface area contributed by atoms with E-state index in [1.165, 1.54) is 0 Å². The molecule has 1 N–H and O–H groups in total. The molecule has 16 heavy (non-hydrogen) atoms. The predicted molar refractivity (Wildman–Crippen MR) is 38.7 cm³/mol. The van der Waals surface area contributed by atoms with Gasteiger partial charge < -0.3 is 9.84 Å². The highest BCUT2D eigenvalue weighted by molar-refractivity contribution is 5.67. The van der Waals surface area contributed by atoms with E-state index in [0.717, 1.165) is 6.92 Å². The van der Waals surface area contributed by atoms with Crippen molar-refractivity contribution >= 4 is 5.97 Å². The summed E-state index contributed by atoms with van der Waals surface area (Å²) in [5.41, 5.74) is 0. The molecule has 0 fully saturated rings. The summed E-state index contributed by atoms with van der Waals surface area (Å²) in [5, 5.41) is 8.16. The van der Waals surface area contributed by atoms with Gasteiger partial charge in [0, 0.05) is 0 Å². The van der Waals surface area contributed by atoms with Crippen molar-refractivity contribution in [2.45, 2.75) is 37.9 Å². The number of ether oxygens (including phenoxy) is 1. The van der Waals surface area contributed by atoms with Gasteiger partial charge >= 0.3 is 18.3 Å². The fraction of sp³-hybridized carbons (Fsp3) is 0.857. The van der Waals surface area contributed by atoms with E-state index in [1.54, 1.807) is 0 Å². The van der Waals surface area contributed by atoms with Crippen molar-refractivity contribution in [1.82, 2.24) is 0 Å². The van der Waals surface area contributed by atoms with Crippen molar-refractivity contribution < 1.29 is 41.0 Å². The Kier molecular flexibility index (Phi) is 4.59. The Morgan fingerprint density at radius 2 is 1.56 bits per heavy atom. The number of alkyl halides is 6. The molecule has 1 atom stereocenters. The zero-order valence-corrected chi connectivity index (χ0v) is 7.89. The van der Waals surface area contributed by atoms with Gasteiger partial charge in [-0.3, -0.25) is 4.79 Å². The standard InChI is InChI=1S/C7H8F6O3/c1-3(2-4(14)15)16-5(6(8,9)10)7(11,12)13/h3,5H,2H2,1H3,(H,14,15)/t3-/m0/s1. The summed E-state index contributed by atoms with van der Waals surface area (Å²) in [6.45, 7) is 0.818. The summed E-state index contributed by atoms with van der Waals surface area (Å²) in [5.74, 6) is -1.55. The van der Waals surface area contributed by atoms with Gasteiger partial charge in [0.2, 0.25) is 6.10 Å². The van der Waals surface area contributed by atoms with E-state index in [2.05, 4.69) is 4.74 Å². The lowest BCUT2D eigenvalue weighted by atomic mass is 10.2. The quantitative estimate of drug-likeness (QED) is 0.783. The van der Waals surface area contributed by atoms with E-state index >= 15 is 0 Å². The van der Waals surface area contributed by atoms with Gasteiger partial charge in [-0.2, -0.15) is 26.3 Å². The van der Waals surface area contributed by atoms with Gasteiger partial charge in [0.05, 0.1) is 12.5 Å². The number of hydrogen-bond donors (Lipinski definition) is 1. The Balaban J connectivity index is 4.64. The molecule has 0 aliphatic carbocycles. The second kappa shape index (κ2) is 4.89. The van der Waals surface area contributed by atoms with Gasteiger partial charge in [-0.05, 0) is 6.92 Å². The predicted octanol–water partition coefficient (Wildman–Crippen LogP) is 2.36. The molecule has 0 aromatic rings. The Bertz CT molecular complexity index is 231. The second-order valence-corrected chi connectivity index (χ2v) is 3.01. The largest absolute Gasteiger partial charge is 0.481 e. The van der Waals surface area contributed by atoms with E-state index in [-0.39, 0.29) is 0 Å². The van der Waals surface area contributed by atoms with Crippen LogP contribution in [0.5, 0.6) is 0 Å². The molecule has 9 heteroatoms. The van der Waals surface area contributed by atoms with Crippen molar-refractivity contribution in [3.05, 3.63) is 0 Å². The van der Waals surface area contributed by atoms with Crippen LogP contribution < -0.4 is 0 Å². The summed E-state index contributed by atoms with van der Waals surface area (Å²) in [7, 11) is 0. The highest BCUT2D eigenvalue weighted by Crippen LogP contribution is 2.36. The molecule has 0 saturated heterocycles. The minimum atomic E-state index is -5.62. The first-order chi connectivity index (χ1) is 6.94. The summed E-state index contributed by atoms with van der Waals surface area (Å²) in [6.07, 6.45) is -17.8. The first-order valence-corrected chi connectivity index (χ1v) is 3.95. The average Bonchev–Trinajstić information content (AvgIpc) is 1.94. The lowest BCUT2D eigenvalue weighted by molar-refractivity contribution is -0.329. The average molecular weight is 254 g/mol. The number of carboxylic acid groups (broad SMARTS) is 1. The Labute approximate surface area is 86.0 Å². The SMILES string of the molecule is C[C@@H](CC(=O)O)OC(C(F)(F)F)C(F)(F)F. The van der Waals surface area contributed by atoms with Crippen LogP contribution in [0.4, 0.5) is 26.3 Å². The first-order valence-electron chi connectivity index (χ1n) is 3.95. The first kappa shape index (κ1) is 15.0. The topological polar surface area (TPSA) is 46.5 Å². The van der Waals surface area contributed by atoms with Crippen molar-refractivity contribution in [1.29, 1.82) is 0 Å². The number of carbonyl (C=O) groups is 1. The molecule has 0 aromatic carbocycles. The van der Waals surface area contributed by atoms with Gasteiger partial charge in [0.25, 0.3) is 0 Å². The fourth-order valence-electron chi connectivity index (χ4n) is 0.866. The molecule has 0 aromatic heterocycles. The number of halogens is 6. The minimum absolute atomic E-state index is 0.818. The van der Waals surface area contributed by atoms with Crippen molar-refractivity contribution in [3.63, 3.8) is 0 Å². The van der Waals surface area contributed by atoms with Crippen LogP contribution in [-0.4, -0.2) is 35.6 Å². The van der Waals surface area contributed by atoms with Crippen LogP contribution in [0.1, 0.15) is 13.3 Å². The number of hydrogen-bond acceptors (Lipinski definition) is 2. The van der Waals surface area contributed by atoms with Crippen LogP contribution in [0, 0.1) is 0 Å². The summed E-state index contributed by atoms with van der Waals surface area (Å²) in [4.78, 5) is 10.0. The molecular formula is C7H8F6O3. The zero-order chi connectivity index (χ0) is 13.1. The van der Waals surface area contributed by atoms with Crippen LogP contribution in [-0.2, 0) is 9.53 Å². The molecule has 0 rings (SSSR count). The van der Waals surface area contributed by atoms with Crippen LogP contribution >= 0.6 is 0 Å². The maximum atomic E-state index is 11.9. The molecule has 0 amide bonds. The molecule has 0 aliphatic heterocycles. The monoisotopic (exact) mass is 254 g/mol. The third kappa shape index (κ3) is 5.19. The van der Waals surface area contributed by atoms with E-state index < -0.39 is 37.0 Å². The molecule has 0 aliphatic rings. The lowest BCUT2D eigenvalue weighted by Gasteiger charge is -2.25. The maximum Gasteiger partial charge on any atom is 0.423 e. The van der Waals surface area contributed by atoms with Crippen LogP contribution in [0.15, 0.2) is 0 Å². The second-order valence-electron chi connectivity index (χ2n) is 3.01. The van der Waals surface area contributed by atoms with Crippen LogP contribution in [0.2, 0.25) is 0 Å². The van der Waals surface area contributed by atoms with E-state index in [9.17, 15) is 31.1 Å². The zero-order valence-electron chi connectivity index (χ0n) is 7.89. The molecule has 0 spiro atoms. The Hall–Kier alpha value is -0.990. The maximum absolute atomic E-state index is 11.9. The number of aliphatic carboxylic acids is 1. The minimum Gasteiger partial charge on any atom is -0.481 e. The molecule has 96 valence electrons. The van der Waals surface area contributed by atoms with Crippen molar-refractivity contribution in [3.8, 4) is 0 Å². The van der Waals surface area contributed by atoms with Crippen LogP contribution in [0.3, 0.4) is 0 Å². The number of rotatable bonds is 4. The summed E-state index contributed by atoms with van der Waals surface area (Å²) < 4.78 is 75.2. The lowest BCUT2D eigenvalue weighted by Crippen LogP contribution is -2.46. The molecule has 0 heterocycles. The molecular weight excluding hydrogens is 246 g/mol. The number of carboxylic acids is 1. The molecule has 3 nitrogen and oxygen atoms in total. The smallest absolute Gasteiger partial charge is 0.423 e. The molecule has 0 radical (unpaired) electrons. The van der Waals surface area contributed by atoms with Crippen molar-refractivity contribution in [2.24, 2.45) is 0 Å².